The molecule has 0 N–H and O–H groups in total. The Balaban J connectivity index is 1.69. The third kappa shape index (κ3) is 5.96. The van der Waals surface area contributed by atoms with E-state index in [1.54, 1.807) is 18.2 Å². The summed E-state index contributed by atoms with van der Waals surface area (Å²) in [6.07, 6.45) is -4.58. The van der Waals surface area contributed by atoms with Gasteiger partial charge in [-0.25, -0.2) is 0 Å². The van der Waals surface area contributed by atoms with E-state index in [-0.39, 0.29) is 30.4 Å². The van der Waals surface area contributed by atoms with Gasteiger partial charge in [-0.1, -0.05) is 0 Å². The molecule has 0 aliphatic carbocycles. The van der Waals surface area contributed by atoms with Crippen LogP contribution in [0.5, 0.6) is 17.6 Å². The van der Waals surface area contributed by atoms with Crippen molar-refractivity contribution in [3.8, 4) is 28.9 Å². The zero-order valence-electron chi connectivity index (χ0n) is 15.1. The highest BCUT2D eigenvalue weighted by atomic mass is 19.4. The molecule has 1 aromatic carbocycles. The quantitative estimate of drug-likeness (QED) is 0.708. The van der Waals surface area contributed by atoms with Crippen molar-refractivity contribution < 1.29 is 36.9 Å². The van der Waals surface area contributed by atoms with E-state index in [4.69, 9.17) is 23.7 Å². The molecule has 1 saturated heterocycles. The van der Waals surface area contributed by atoms with Crippen LogP contribution in [0.2, 0.25) is 0 Å². The van der Waals surface area contributed by atoms with Gasteiger partial charge in [0.05, 0.1) is 32.6 Å². The molecular formula is C18H19F3N2O5. The summed E-state index contributed by atoms with van der Waals surface area (Å²) in [6, 6.07) is 7.76. The number of alkyl halides is 3. The zero-order valence-corrected chi connectivity index (χ0v) is 15.1. The summed E-state index contributed by atoms with van der Waals surface area (Å²) < 4.78 is 63.0. The Hall–Kier alpha value is -2.59. The number of rotatable bonds is 7. The topological polar surface area (TPSA) is 71.9 Å². The minimum Gasteiger partial charge on any atom is -0.484 e. The van der Waals surface area contributed by atoms with Crippen LogP contribution < -0.4 is 14.2 Å². The zero-order chi connectivity index (χ0) is 20.0. The van der Waals surface area contributed by atoms with Gasteiger partial charge in [-0.2, -0.15) is 23.1 Å². The van der Waals surface area contributed by atoms with Gasteiger partial charge in [-0.3, -0.25) is 0 Å². The lowest BCUT2D eigenvalue weighted by atomic mass is 10.1. The van der Waals surface area contributed by atoms with Crippen molar-refractivity contribution >= 4 is 0 Å². The van der Waals surface area contributed by atoms with Gasteiger partial charge in [0.1, 0.15) is 18.5 Å². The first-order valence-electron chi connectivity index (χ1n) is 8.48. The van der Waals surface area contributed by atoms with Crippen LogP contribution in [0.4, 0.5) is 13.2 Å². The molecule has 1 fully saturated rings. The van der Waals surface area contributed by atoms with E-state index in [0.717, 1.165) is 0 Å². The van der Waals surface area contributed by atoms with Crippen LogP contribution in [-0.2, 0) is 9.47 Å². The van der Waals surface area contributed by atoms with E-state index in [2.05, 4.69) is 9.97 Å². The molecule has 2 heterocycles. The number of aromatic nitrogens is 2. The third-order valence-electron chi connectivity index (χ3n) is 3.72. The second kappa shape index (κ2) is 9.07. The first kappa shape index (κ1) is 20.2. The molecule has 0 bridgehead atoms. The maximum atomic E-state index is 12.2. The van der Waals surface area contributed by atoms with E-state index >= 15 is 0 Å². The molecule has 1 atom stereocenters. The molecule has 10 heteroatoms. The van der Waals surface area contributed by atoms with Crippen LogP contribution in [0.25, 0.3) is 11.3 Å². The minimum absolute atomic E-state index is 0.103. The molecule has 1 aliphatic rings. The maximum Gasteiger partial charge on any atom is 0.422 e. The molecule has 0 radical (unpaired) electrons. The molecule has 1 aliphatic heterocycles. The predicted molar refractivity (Wildman–Crippen MR) is 91.6 cm³/mol. The third-order valence-corrected chi connectivity index (χ3v) is 3.72. The largest absolute Gasteiger partial charge is 0.484 e. The van der Waals surface area contributed by atoms with Gasteiger partial charge in [0, 0.05) is 11.6 Å². The van der Waals surface area contributed by atoms with Gasteiger partial charge < -0.3 is 23.7 Å². The van der Waals surface area contributed by atoms with E-state index in [9.17, 15) is 13.2 Å². The van der Waals surface area contributed by atoms with Gasteiger partial charge in [0.25, 0.3) is 0 Å². The van der Waals surface area contributed by atoms with Gasteiger partial charge in [-0.05, 0) is 24.3 Å². The fourth-order valence-electron chi connectivity index (χ4n) is 2.42. The Bertz CT molecular complexity index is 765. The van der Waals surface area contributed by atoms with Gasteiger partial charge >= 0.3 is 12.2 Å². The Morgan fingerprint density at radius 1 is 1.11 bits per heavy atom. The molecule has 7 nitrogen and oxygen atoms in total. The number of nitrogens with zero attached hydrogens (tertiary/aromatic N) is 2. The summed E-state index contributed by atoms with van der Waals surface area (Å²) in [5.41, 5.74) is 1.13. The lowest BCUT2D eigenvalue weighted by Gasteiger charge is -2.22. The van der Waals surface area contributed by atoms with Crippen LogP contribution in [-0.4, -0.2) is 62.4 Å². The Kier molecular flexibility index (Phi) is 6.53. The highest BCUT2D eigenvalue weighted by molar-refractivity contribution is 5.61. The molecule has 0 saturated carbocycles. The summed E-state index contributed by atoms with van der Waals surface area (Å²) in [5.74, 6) is 0.390. The number of benzene rings is 1. The molecule has 0 unspecified atom stereocenters. The summed E-state index contributed by atoms with van der Waals surface area (Å²) in [5, 5.41) is 0. The van der Waals surface area contributed by atoms with E-state index in [1.807, 2.05) is 0 Å². The normalized spacial score (nSPS) is 17.2. The highest BCUT2D eigenvalue weighted by Crippen LogP contribution is 2.26. The lowest BCUT2D eigenvalue weighted by Crippen LogP contribution is -2.33. The van der Waals surface area contributed by atoms with Crippen LogP contribution >= 0.6 is 0 Å². The monoisotopic (exact) mass is 400 g/mol. The van der Waals surface area contributed by atoms with Crippen molar-refractivity contribution in [3.63, 3.8) is 0 Å². The summed E-state index contributed by atoms with van der Waals surface area (Å²) in [4.78, 5) is 8.38. The minimum atomic E-state index is -4.39. The average molecular weight is 400 g/mol. The standard InChI is InChI=1S/C18H19F3N2O5/c1-24-17-22-15(8-16(23-17)27-10-14-9-25-6-7-26-14)12-2-4-13(5-3-12)28-11-18(19,20)21/h2-5,8,14H,6-7,9-11H2,1H3/t14-/m1/s1. The summed E-state index contributed by atoms with van der Waals surface area (Å²) in [7, 11) is 1.43. The lowest BCUT2D eigenvalue weighted by molar-refractivity contribution is -0.153. The Morgan fingerprint density at radius 2 is 1.89 bits per heavy atom. The molecule has 1 aromatic heterocycles. The molecule has 28 heavy (non-hydrogen) atoms. The SMILES string of the molecule is COc1nc(OC[C@H]2COCCO2)cc(-c2ccc(OCC(F)(F)F)cc2)n1. The number of hydrogen-bond acceptors (Lipinski definition) is 7. The molecule has 3 rings (SSSR count). The fraction of sp³-hybridized carbons (Fsp3) is 0.444. The van der Waals surface area contributed by atoms with Gasteiger partial charge in [-0.15, -0.1) is 0 Å². The highest BCUT2D eigenvalue weighted by Gasteiger charge is 2.28. The number of halogens is 3. The first-order chi connectivity index (χ1) is 13.4. The van der Waals surface area contributed by atoms with E-state index < -0.39 is 12.8 Å². The Morgan fingerprint density at radius 3 is 2.54 bits per heavy atom. The van der Waals surface area contributed by atoms with Crippen LogP contribution in [0.15, 0.2) is 30.3 Å². The van der Waals surface area contributed by atoms with Crippen molar-refractivity contribution in [3.05, 3.63) is 30.3 Å². The van der Waals surface area contributed by atoms with Crippen LogP contribution in [0, 0.1) is 0 Å². The Labute approximate surface area is 159 Å². The van der Waals surface area contributed by atoms with Crippen molar-refractivity contribution in [2.24, 2.45) is 0 Å². The van der Waals surface area contributed by atoms with Gasteiger partial charge in [0.2, 0.25) is 5.88 Å². The van der Waals surface area contributed by atoms with Crippen molar-refractivity contribution in [1.29, 1.82) is 0 Å². The summed E-state index contributed by atoms with van der Waals surface area (Å²) in [6.45, 7) is 0.413. The second-order valence-corrected chi connectivity index (χ2v) is 5.89. The summed E-state index contributed by atoms with van der Waals surface area (Å²) >= 11 is 0. The molecule has 2 aromatic rings. The molecular weight excluding hydrogens is 381 g/mol. The number of methoxy groups -OCH3 is 1. The van der Waals surface area contributed by atoms with Crippen molar-refractivity contribution in [2.45, 2.75) is 12.3 Å². The van der Waals surface area contributed by atoms with Crippen LogP contribution in [0.3, 0.4) is 0 Å². The van der Waals surface area contributed by atoms with Crippen LogP contribution in [0.1, 0.15) is 0 Å². The fourth-order valence-corrected chi connectivity index (χ4v) is 2.42. The van der Waals surface area contributed by atoms with E-state index in [1.165, 1.54) is 19.2 Å². The molecule has 0 amide bonds. The number of ether oxygens (including phenoxy) is 5. The maximum absolute atomic E-state index is 12.2. The average Bonchev–Trinajstić information content (AvgIpc) is 2.71. The van der Waals surface area contributed by atoms with Crippen molar-refractivity contribution in [2.75, 3.05) is 40.1 Å². The second-order valence-electron chi connectivity index (χ2n) is 5.89. The first-order valence-corrected chi connectivity index (χ1v) is 8.48. The van der Waals surface area contributed by atoms with Crippen molar-refractivity contribution in [1.82, 2.24) is 9.97 Å². The van der Waals surface area contributed by atoms with E-state index in [0.29, 0.717) is 31.1 Å². The molecule has 0 spiro atoms. The smallest absolute Gasteiger partial charge is 0.422 e. The predicted octanol–water partition coefficient (Wildman–Crippen LogP) is 2.89. The number of hydrogen-bond donors (Lipinski definition) is 0. The molecule has 152 valence electrons. The van der Waals surface area contributed by atoms with Gasteiger partial charge in [0.15, 0.2) is 6.61 Å².